The van der Waals surface area contributed by atoms with Gasteiger partial charge >= 0.3 is 0 Å². The van der Waals surface area contributed by atoms with Crippen LogP contribution in [0.4, 0.5) is 11.4 Å². The van der Waals surface area contributed by atoms with Gasteiger partial charge in [-0.2, -0.15) is 0 Å². The molecule has 3 heterocycles. The third-order valence-electron chi connectivity index (χ3n) is 7.35. The lowest BCUT2D eigenvalue weighted by molar-refractivity contribution is -0.137. The number of anilines is 2. The lowest BCUT2D eigenvalue weighted by Crippen LogP contribution is -2.39. The second-order valence-electron chi connectivity index (χ2n) is 9.36. The largest absolute Gasteiger partial charge is 0.456 e. The zero-order valence-corrected chi connectivity index (χ0v) is 19.1. The van der Waals surface area contributed by atoms with Crippen molar-refractivity contribution in [1.29, 1.82) is 0 Å². The van der Waals surface area contributed by atoms with Crippen LogP contribution in [0.15, 0.2) is 54.6 Å². The molecule has 0 aromatic heterocycles. The van der Waals surface area contributed by atoms with Gasteiger partial charge in [-0.1, -0.05) is 23.8 Å². The van der Waals surface area contributed by atoms with Gasteiger partial charge in [-0.25, -0.2) is 0 Å². The molecule has 0 spiro atoms. The van der Waals surface area contributed by atoms with Crippen LogP contribution in [0.25, 0.3) is 0 Å². The van der Waals surface area contributed by atoms with Gasteiger partial charge in [-0.15, -0.1) is 0 Å². The molecule has 0 aliphatic carbocycles. The molecule has 2 fully saturated rings. The summed E-state index contributed by atoms with van der Waals surface area (Å²) < 4.78 is 12.7. The molecule has 3 aliphatic rings. The zero-order chi connectivity index (χ0) is 22.6. The van der Waals surface area contributed by atoms with Crippen LogP contribution in [0.2, 0.25) is 0 Å². The van der Waals surface area contributed by atoms with Gasteiger partial charge in [0.15, 0.2) is 5.60 Å². The lowest BCUT2D eigenvalue weighted by Gasteiger charge is -2.41. The van der Waals surface area contributed by atoms with Crippen molar-refractivity contribution < 1.29 is 14.3 Å². The van der Waals surface area contributed by atoms with Crippen LogP contribution in [-0.4, -0.2) is 32.7 Å². The molecule has 0 bridgehead atoms. The fraction of sp³-hybridized carbons (Fsp3) is 0.321. The molecule has 33 heavy (non-hydrogen) atoms. The van der Waals surface area contributed by atoms with Gasteiger partial charge in [-0.3, -0.25) is 4.79 Å². The first kappa shape index (κ1) is 20.2. The first-order valence-electron chi connectivity index (χ1n) is 11.8. The molecular formula is C28H28N2O3. The Labute approximate surface area is 194 Å². The first-order valence-corrected chi connectivity index (χ1v) is 11.8. The van der Waals surface area contributed by atoms with E-state index in [-0.39, 0.29) is 0 Å². The second-order valence-corrected chi connectivity index (χ2v) is 9.36. The van der Waals surface area contributed by atoms with Crippen molar-refractivity contribution >= 4 is 17.8 Å². The number of carbonyl (C=O) groups is 1. The van der Waals surface area contributed by atoms with Crippen LogP contribution >= 0.6 is 0 Å². The minimum Gasteiger partial charge on any atom is -0.456 e. The first-order chi connectivity index (χ1) is 16.1. The Hall–Kier alpha value is -3.47. The Bertz CT molecular complexity index is 1180. The number of nitrogens with zero attached hydrogens (tertiary/aromatic N) is 2. The van der Waals surface area contributed by atoms with Gasteiger partial charge in [0.2, 0.25) is 0 Å². The van der Waals surface area contributed by atoms with Gasteiger partial charge in [0.25, 0.3) is 6.47 Å². The zero-order valence-electron chi connectivity index (χ0n) is 19.1. The molecule has 0 saturated carbocycles. The van der Waals surface area contributed by atoms with Crippen molar-refractivity contribution in [2.75, 3.05) is 36.0 Å². The summed E-state index contributed by atoms with van der Waals surface area (Å²) in [5, 5.41) is 0. The maximum atomic E-state index is 12.0. The summed E-state index contributed by atoms with van der Waals surface area (Å²) in [6.07, 6.45) is 2.42. The molecule has 3 aliphatic heterocycles. The average Bonchev–Trinajstić information content (AvgIpc) is 2.72. The van der Waals surface area contributed by atoms with E-state index < -0.39 is 5.60 Å². The van der Waals surface area contributed by atoms with Crippen molar-refractivity contribution in [3.63, 3.8) is 0 Å². The molecule has 3 aromatic rings. The van der Waals surface area contributed by atoms with Crippen molar-refractivity contribution in [1.82, 2.24) is 0 Å². The molecule has 3 aromatic carbocycles. The van der Waals surface area contributed by atoms with Gasteiger partial charge in [0.05, 0.1) is 0 Å². The van der Waals surface area contributed by atoms with E-state index in [4.69, 9.17) is 9.47 Å². The van der Waals surface area contributed by atoms with Crippen molar-refractivity contribution in [2.24, 2.45) is 0 Å². The minimum atomic E-state index is -1.07. The van der Waals surface area contributed by atoms with Gasteiger partial charge in [-0.05, 0) is 56.5 Å². The van der Waals surface area contributed by atoms with E-state index in [0.717, 1.165) is 76.9 Å². The van der Waals surface area contributed by atoms with Crippen LogP contribution in [0.3, 0.4) is 0 Å². The molecule has 2 saturated heterocycles. The maximum Gasteiger partial charge on any atom is 0.294 e. The molecule has 0 amide bonds. The molecule has 0 radical (unpaired) electrons. The van der Waals surface area contributed by atoms with E-state index >= 15 is 0 Å². The highest BCUT2D eigenvalue weighted by atomic mass is 16.5. The Morgan fingerprint density at radius 2 is 1.36 bits per heavy atom. The third-order valence-corrected chi connectivity index (χ3v) is 7.35. The van der Waals surface area contributed by atoms with Crippen molar-refractivity contribution in [2.45, 2.75) is 32.3 Å². The second kappa shape index (κ2) is 7.55. The van der Waals surface area contributed by atoms with E-state index in [1.54, 1.807) is 0 Å². The highest BCUT2D eigenvalue weighted by Crippen LogP contribution is 2.54. The molecule has 6 rings (SSSR count). The lowest BCUT2D eigenvalue weighted by atomic mass is 9.75. The number of aryl methyl sites for hydroxylation is 2. The van der Waals surface area contributed by atoms with Gasteiger partial charge in [0.1, 0.15) is 11.5 Å². The molecule has 5 nitrogen and oxygen atoms in total. The highest BCUT2D eigenvalue weighted by molar-refractivity contribution is 5.70. The van der Waals surface area contributed by atoms with Crippen molar-refractivity contribution in [3.05, 3.63) is 82.4 Å². The van der Waals surface area contributed by atoms with Crippen molar-refractivity contribution in [3.8, 4) is 11.5 Å². The summed E-state index contributed by atoms with van der Waals surface area (Å²) in [6, 6.07) is 18.9. The molecular weight excluding hydrogens is 412 g/mol. The Morgan fingerprint density at radius 3 is 1.85 bits per heavy atom. The average molecular weight is 441 g/mol. The number of hydrogen-bond acceptors (Lipinski definition) is 5. The quantitative estimate of drug-likeness (QED) is 0.504. The van der Waals surface area contributed by atoms with Crippen LogP contribution in [-0.2, 0) is 15.1 Å². The Kier molecular flexibility index (Phi) is 4.61. The number of ether oxygens (including phenoxy) is 2. The van der Waals surface area contributed by atoms with E-state index in [9.17, 15) is 4.79 Å². The number of hydrogen-bond donors (Lipinski definition) is 0. The summed E-state index contributed by atoms with van der Waals surface area (Å²) in [6.45, 7) is 8.94. The number of benzene rings is 3. The minimum absolute atomic E-state index is 0.577. The van der Waals surface area contributed by atoms with E-state index in [0.29, 0.717) is 6.47 Å². The molecule has 0 N–H and O–H groups in total. The highest BCUT2D eigenvalue weighted by Gasteiger charge is 2.47. The smallest absolute Gasteiger partial charge is 0.294 e. The summed E-state index contributed by atoms with van der Waals surface area (Å²) in [7, 11) is 0. The summed E-state index contributed by atoms with van der Waals surface area (Å²) in [5.41, 5.74) is 6.09. The normalized spacial score (nSPS) is 17.8. The predicted molar refractivity (Wildman–Crippen MR) is 130 cm³/mol. The maximum absolute atomic E-state index is 12.0. The molecule has 168 valence electrons. The monoisotopic (exact) mass is 440 g/mol. The topological polar surface area (TPSA) is 42.0 Å². The number of carbonyl (C=O) groups excluding carboxylic acids is 1. The summed E-state index contributed by atoms with van der Waals surface area (Å²) >= 11 is 0. The van der Waals surface area contributed by atoms with Crippen LogP contribution in [0, 0.1) is 13.8 Å². The molecule has 5 heteroatoms. The summed E-state index contributed by atoms with van der Waals surface area (Å²) in [5.74, 6) is 1.49. The molecule has 0 atom stereocenters. The fourth-order valence-corrected chi connectivity index (χ4v) is 5.25. The van der Waals surface area contributed by atoms with Gasteiger partial charge < -0.3 is 19.3 Å². The predicted octanol–water partition coefficient (Wildman–Crippen LogP) is 5.29. The summed E-state index contributed by atoms with van der Waals surface area (Å²) in [4.78, 5) is 16.7. The van der Waals surface area contributed by atoms with E-state index in [2.05, 4.69) is 78.2 Å². The fourth-order valence-electron chi connectivity index (χ4n) is 5.25. The van der Waals surface area contributed by atoms with Crippen LogP contribution in [0.1, 0.15) is 40.7 Å². The van der Waals surface area contributed by atoms with E-state index in [1.807, 2.05) is 0 Å². The Balaban J connectivity index is 1.61. The SMILES string of the molecule is Cc1ccc(C)c(C2(OC=O)c3ccc(N4CCC4)cc3Oc3cc(N4CCC4)ccc32)c1. The standard InChI is InChI=1S/C28H28N2O3/c1-19-5-6-20(2)25(15-19)28(32-18-31)23-9-7-21(29-11-3-12-29)16-26(23)33-27-17-22(8-10-24(27)28)30-13-4-14-30/h5-10,15-18H,3-4,11-14H2,1-2H3. The van der Waals surface area contributed by atoms with Crippen LogP contribution < -0.4 is 14.5 Å². The van der Waals surface area contributed by atoms with Crippen LogP contribution in [0.5, 0.6) is 11.5 Å². The number of rotatable bonds is 5. The van der Waals surface area contributed by atoms with E-state index in [1.165, 1.54) is 12.8 Å². The van der Waals surface area contributed by atoms with Gasteiger partial charge in [0, 0.05) is 66.4 Å². The number of fused-ring (bicyclic) bond motifs is 2. The third kappa shape index (κ3) is 3.02. The Morgan fingerprint density at radius 1 is 0.788 bits per heavy atom. The molecule has 0 unspecified atom stereocenters.